The zero-order chi connectivity index (χ0) is 40.9. The molecule has 0 aromatic heterocycles. The van der Waals surface area contributed by atoms with Gasteiger partial charge in [-0.2, -0.15) is 0 Å². The lowest BCUT2D eigenvalue weighted by atomic mass is 9.89. The van der Waals surface area contributed by atoms with E-state index >= 15 is 0 Å². The van der Waals surface area contributed by atoms with Gasteiger partial charge < -0.3 is 4.90 Å². The van der Waals surface area contributed by atoms with Crippen molar-refractivity contribution in [1.29, 1.82) is 0 Å². The van der Waals surface area contributed by atoms with Crippen LogP contribution in [-0.4, -0.2) is 0 Å². The largest absolute Gasteiger partial charge is 0.310 e. The Hall–Kier alpha value is -7.48. The molecule has 288 valence electrons. The van der Waals surface area contributed by atoms with E-state index in [0.717, 1.165) is 5.69 Å². The standard InChI is InChI=1S/C60H43N/c1-36-30-55(38(3)28-53(36)50-32-46-20-16-42-12-8-13-43-17-21-47(33-50)59(46)57(42)43)61(52-26-24-41(25-27-52)40-10-6-5-7-11-40)56-31-37(2)54(29-39(56)4)51-34-48-22-18-44-14-9-15-45-19-23-49(35-51)60(48)58(44)45/h5-35H,1-4H3. The van der Waals surface area contributed by atoms with Crippen LogP contribution in [0.25, 0.3) is 98.0 Å². The normalized spacial score (nSPS) is 11.9. The van der Waals surface area contributed by atoms with E-state index in [9.17, 15) is 0 Å². The predicted octanol–water partition coefficient (Wildman–Crippen LogP) is 17.2. The van der Waals surface area contributed by atoms with E-state index < -0.39 is 0 Å². The third kappa shape index (κ3) is 5.61. The highest BCUT2D eigenvalue weighted by Gasteiger charge is 2.22. The fraction of sp³-hybridized carbons (Fsp3) is 0.0667. The lowest BCUT2D eigenvalue weighted by molar-refractivity contribution is 1.21. The number of benzene rings is 12. The molecule has 61 heavy (non-hydrogen) atoms. The lowest BCUT2D eigenvalue weighted by Gasteiger charge is -2.30. The topological polar surface area (TPSA) is 3.24 Å². The van der Waals surface area contributed by atoms with Gasteiger partial charge >= 0.3 is 0 Å². The maximum atomic E-state index is 2.48. The minimum atomic E-state index is 1.14. The van der Waals surface area contributed by atoms with Gasteiger partial charge in [-0.25, -0.2) is 0 Å². The molecule has 0 radical (unpaired) electrons. The summed E-state index contributed by atoms with van der Waals surface area (Å²) in [5.41, 5.74) is 15.9. The molecule has 0 unspecified atom stereocenters. The van der Waals surface area contributed by atoms with Gasteiger partial charge in [0.15, 0.2) is 0 Å². The first-order valence-corrected chi connectivity index (χ1v) is 21.4. The second-order valence-electron chi connectivity index (χ2n) is 17.2. The number of nitrogens with zero attached hydrogens (tertiary/aromatic N) is 1. The Morgan fingerprint density at radius 1 is 0.262 bits per heavy atom. The molecule has 0 amide bonds. The third-order valence-corrected chi connectivity index (χ3v) is 13.3. The molecular weight excluding hydrogens is 735 g/mol. The Morgan fingerprint density at radius 3 is 1.03 bits per heavy atom. The smallest absolute Gasteiger partial charge is 0.0493 e. The molecular formula is C60H43N. The number of hydrogen-bond acceptors (Lipinski definition) is 1. The summed E-state index contributed by atoms with van der Waals surface area (Å²) in [5.74, 6) is 0. The predicted molar refractivity (Wildman–Crippen MR) is 264 cm³/mol. The van der Waals surface area contributed by atoms with E-state index in [1.54, 1.807) is 0 Å². The number of rotatable bonds is 6. The molecule has 0 bridgehead atoms. The maximum absolute atomic E-state index is 2.48. The molecule has 12 rings (SSSR count). The highest BCUT2D eigenvalue weighted by Crippen LogP contribution is 2.45. The van der Waals surface area contributed by atoms with Crippen molar-refractivity contribution >= 4 is 81.7 Å². The van der Waals surface area contributed by atoms with E-state index in [2.05, 4.69) is 221 Å². The van der Waals surface area contributed by atoms with E-state index in [-0.39, 0.29) is 0 Å². The maximum Gasteiger partial charge on any atom is 0.0493 e. The van der Waals surface area contributed by atoms with Crippen LogP contribution in [0.2, 0.25) is 0 Å². The molecule has 1 heteroatoms. The summed E-state index contributed by atoms with van der Waals surface area (Å²) in [7, 11) is 0. The second kappa shape index (κ2) is 13.5. The summed E-state index contributed by atoms with van der Waals surface area (Å²) in [6.07, 6.45) is 0. The minimum Gasteiger partial charge on any atom is -0.310 e. The number of hydrogen-bond donors (Lipinski definition) is 0. The van der Waals surface area contributed by atoms with Crippen molar-refractivity contribution in [2.75, 3.05) is 4.90 Å². The van der Waals surface area contributed by atoms with Gasteiger partial charge in [0.1, 0.15) is 0 Å². The van der Waals surface area contributed by atoms with Crippen LogP contribution >= 0.6 is 0 Å². The summed E-state index contributed by atoms with van der Waals surface area (Å²) in [6.45, 7) is 9.09. The van der Waals surface area contributed by atoms with E-state index in [1.807, 2.05) is 0 Å². The van der Waals surface area contributed by atoms with Gasteiger partial charge in [-0.3, -0.25) is 0 Å². The quantitative estimate of drug-likeness (QED) is 0.152. The average Bonchev–Trinajstić information content (AvgIpc) is 3.29. The van der Waals surface area contributed by atoms with E-state index in [1.165, 1.54) is 132 Å². The second-order valence-corrected chi connectivity index (χ2v) is 17.2. The first kappa shape index (κ1) is 35.5. The van der Waals surface area contributed by atoms with Crippen LogP contribution in [0.4, 0.5) is 17.1 Å². The highest BCUT2D eigenvalue weighted by molar-refractivity contribution is 6.25. The van der Waals surface area contributed by atoms with Gasteiger partial charge in [0.05, 0.1) is 0 Å². The van der Waals surface area contributed by atoms with Gasteiger partial charge in [0, 0.05) is 17.1 Å². The van der Waals surface area contributed by atoms with E-state index in [0.29, 0.717) is 0 Å². The van der Waals surface area contributed by atoms with Crippen LogP contribution in [0.3, 0.4) is 0 Å². The van der Waals surface area contributed by atoms with Crippen molar-refractivity contribution < 1.29 is 0 Å². The van der Waals surface area contributed by atoms with Crippen LogP contribution < -0.4 is 4.90 Å². The first-order chi connectivity index (χ1) is 29.9. The van der Waals surface area contributed by atoms with Crippen LogP contribution in [0.1, 0.15) is 22.3 Å². The van der Waals surface area contributed by atoms with Crippen molar-refractivity contribution in [3.8, 4) is 33.4 Å². The fourth-order valence-corrected chi connectivity index (χ4v) is 10.4. The molecule has 12 aromatic rings. The monoisotopic (exact) mass is 777 g/mol. The molecule has 1 nitrogen and oxygen atoms in total. The van der Waals surface area contributed by atoms with Crippen molar-refractivity contribution in [1.82, 2.24) is 0 Å². The van der Waals surface area contributed by atoms with Gasteiger partial charge in [-0.1, -0.05) is 127 Å². The summed E-state index contributed by atoms with van der Waals surface area (Å²) in [6, 6.07) is 70.4. The molecule has 0 aliphatic carbocycles. The molecule has 12 aromatic carbocycles. The summed E-state index contributed by atoms with van der Waals surface area (Å²) < 4.78 is 0. The molecule has 0 fully saturated rings. The summed E-state index contributed by atoms with van der Waals surface area (Å²) in [5, 5.41) is 15.8. The Labute approximate surface area is 356 Å². The molecule has 0 aliphatic rings. The third-order valence-electron chi connectivity index (χ3n) is 13.3. The molecule has 0 atom stereocenters. The van der Waals surface area contributed by atoms with Gasteiger partial charge in [-0.15, -0.1) is 0 Å². The summed E-state index contributed by atoms with van der Waals surface area (Å²) in [4.78, 5) is 2.48. The molecule has 0 aliphatic heterocycles. The Kier molecular flexibility index (Phi) is 7.86. The lowest BCUT2D eigenvalue weighted by Crippen LogP contribution is -2.14. The van der Waals surface area contributed by atoms with Gasteiger partial charge in [0.25, 0.3) is 0 Å². The van der Waals surface area contributed by atoms with Crippen LogP contribution in [0.15, 0.2) is 188 Å². The highest BCUT2D eigenvalue weighted by atomic mass is 15.1. The molecule has 0 N–H and O–H groups in total. The van der Waals surface area contributed by atoms with Gasteiger partial charge in [0.2, 0.25) is 0 Å². The minimum absolute atomic E-state index is 1.14. The molecule has 0 saturated heterocycles. The van der Waals surface area contributed by atoms with Gasteiger partial charge in [-0.05, 0) is 209 Å². The number of aryl methyl sites for hydroxylation is 4. The Morgan fingerprint density at radius 2 is 0.623 bits per heavy atom. The van der Waals surface area contributed by atoms with Crippen molar-refractivity contribution in [3.05, 3.63) is 210 Å². The summed E-state index contributed by atoms with van der Waals surface area (Å²) >= 11 is 0. The molecule has 0 spiro atoms. The van der Waals surface area contributed by atoms with Crippen molar-refractivity contribution in [2.45, 2.75) is 27.7 Å². The zero-order valence-electron chi connectivity index (χ0n) is 34.8. The fourth-order valence-electron chi connectivity index (χ4n) is 10.4. The molecule has 0 heterocycles. The van der Waals surface area contributed by atoms with E-state index in [4.69, 9.17) is 0 Å². The van der Waals surface area contributed by atoms with Crippen LogP contribution in [0.5, 0.6) is 0 Å². The number of anilines is 3. The first-order valence-electron chi connectivity index (χ1n) is 21.4. The Balaban J connectivity index is 0.998. The van der Waals surface area contributed by atoms with Crippen LogP contribution in [-0.2, 0) is 0 Å². The zero-order valence-corrected chi connectivity index (χ0v) is 34.8. The Bertz CT molecular complexity index is 3340. The van der Waals surface area contributed by atoms with Crippen molar-refractivity contribution in [3.63, 3.8) is 0 Å². The SMILES string of the molecule is Cc1cc(N(c2ccc(-c3ccccc3)cc2)c2cc(C)c(-c3cc4ccc5cccc6ccc(c3)c4c56)cc2C)c(C)cc1-c1cc2ccc3cccc4ccc(c1)c2c34. The molecule has 0 saturated carbocycles. The van der Waals surface area contributed by atoms with Crippen LogP contribution in [0, 0.1) is 27.7 Å². The van der Waals surface area contributed by atoms with Crippen molar-refractivity contribution in [2.24, 2.45) is 0 Å². The average molecular weight is 778 g/mol.